The summed E-state index contributed by atoms with van der Waals surface area (Å²) in [6.07, 6.45) is 0.360. The Labute approximate surface area is 114 Å². The van der Waals surface area contributed by atoms with E-state index in [-0.39, 0.29) is 11.9 Å². The van der Waals surface area contributed by atoms with Crippen LogP contribution >= 0.6 is 0 Å². The van der Waals surface area contributed by atoms with Crippen LogP contribution < -0.4 is 10.1 Å². The van der Waals surface area contributed by atoms with E-state index in [9.17, 15) is 4.79 Å². The molecule has 1 aromatic rings. The second-order valence-corrected chi connectivity index (χ2v) is 4.96. The number of nitrogens with one attached hydrogen (secondary N) is 1. The zero-order chi connectivity index (χ0) is 13.8. The maximum atomic E-state index is 12.4. The number of morpholine rings is 1. The van der Waals surface area contributed by atoms with E-state index >= 15 is 0 Å². The van der Waals surface area contributed by atoms with Crippen molar-refractivity contribution in [3.05, 3.63) is 28.8 Å². The highest BCUT2D eigenvalue weighted by Gasteiger charge is 2.21. The zero-order valence-electron chi connectivity index (χ0n) is 11.8. The van der Waals surface area contributed by atoms with Crippen LogP contribution in [0.1, 0.15) is 27.9 Å². The minimum absolute atomic E-state index is 0.0347. The molecular formula is C15H21NO3. The van der Waals surface area contributed by atoms with Gasteiger partial charge in [-0.15, -0.1) is 0 Å². The molecule has 1 aliphatic heterocycles. The normalized spacial score (nSPS) is 19.2. The third-order valence-corrected chi connectivity index (χ3v) is 3.53. The van der Waals surface area contributed by atoms with Crippen LogP contribution in [0, 0.1) is 13.8 Å². The van der Waals surface area contributed by atoms with E-state index in [0.29, 0.717) is 24.3 Å². The number of benzene rings is 1. The molecule has 104 valence electrons. The molecule has 1 unspecified atom stereocenters. The number of Topliss-reactive ketones (excluding diaryl/α,β-unsaturated/α-hetero) is 1. The van der Waals surface area contributed by atoms with Gasteiger partial charge in [0.1, 0.15) is 5.75 Å². The number of rotatable bonds is 4. The SMILES string of the molecule is COc1cc(C)c(C)cc1C(=O)CC1CNCCO1. The first kappa shape index (κ1) is 14.0. The fourth-order valence-electron chi connectivity index (χ4n) is 2.24. The van der Waals surface area contributed by atoms with E-state index in [1.54, 1.807) is 7.11 Å². The number of ketones is 1. The minimum Gasteiger partial charge on any atom is -0.496 e. The van der Waals surface area contributed by atoms with Gasteiger partial charge in [-0.25, -0.2) is 0 Å². The van der Waals surface area contributed by atoms with Gasteiger partial charge in [0, 0.05) is 19.5 Å². The van der Waals surface area contributed by atoms with E-state index in [2.05, 4.69) is 5.32 Å². The first-order valence-corrected chi connectivity index (χ1v) is 6.62. The zero-order valence-corrected chi connectivity index (χ0v) is 11.8. The van der Waals surface area contributed by atoms with Crippen molar-refractivity contribution in [3.8, 4) is 5.75 Å². The Kier molecular flexibility index (Phi) is 4.56. The fraction of sp³-hybridized carbons (Fsp3) is 0.533. The first-order chi connectivity index (χ1) is 9.11. The Morgan fingerprint density at radius 2 is 2.16 bits per heavy atom. The molecule has 19 heavy (non-hydrogen) atoms. The molecule has 0 amide bonds. The summed E-state index contributed by atoms with van der Waals surface area (Å²) in [5.74, 6) is 0.727. The molecule has 0 aromatic heterocycles. The molecule has 4 nitrogen and oxygen atoms in total. The van der Waals surface area contributed by atoms with Gasteiger partial charge in [0.05, 0.1) is 25.4 Å². The maximum Gasteiger partial charge on any atom is 0.169 e. The van der Waals surface area contributed by atoms with Crippen molar-refractivity contribution in [2.75, 3.05) is 26.8 Å². The molecule has 4 heteroatoms. The van der Waals surface area contributed by atoms with Crippen molar-refractivity contribution in [3.63, 3.8) is 0 Å². The van der Waals surface area contributed by atoms with Gasteiger partial charge in [-0.05, 0) is 37.1 Å². The summed E-state index contributed by atoms with van der Waals surface area (Å²) in [6.45, 7) is 6.28. The monoisotopic (exact) mass is 263 g/mol. The number of hydrogen-bond donors (Lipinski definition) is 1. The molecule has 1 aromatic carbocycles. The molecule has 1 atom stereocenters. The second-order valence-electron chi connectivity index (χ2n) is 4.96. The average Bonchev–Trinajstić information content (AvgIpc) is 2.42. The highest BCUT2D eigenvalue weighted by molar-refractivity contribution is 5.99. The van der Waals surface area contributed by atoms with E-state index in [1.165, 1.54) is 0 Å². The largest absolute Gasteiger partial charge is 0.496 e. The molecule has 0 bridgehead atoms. The van der Waals surface area contributed by atoms with Gasteiger partial charge in [-0.3, -0.25) is 4.79 Å². The third kappa shape index (κ3) is 3.33. The highest BCUT2D eigenvalue weighted by atomic mass is 16.5. The second kappa shape index (κ2) is 6.17. The predicted octanol–water partition coefficient (Wildman–Crippen LogP) is 1.87. The fourth-order valence-corrected chi connectivity index (χ4v) is 2.24. The predicted molar refractivity (Wildman–Crippen MR) is 74.0 cm³/mol. The Bertz CT molecular complexity index is 465. The van der Waals surface area contributed by atoms with E-state index in [0.717, 1.165) is 24.2 Å². The van der Waals surface area contributed by atoms with Gasteiger partial charge in [0.15, 0.2) is 5.78 Å². The van der Waals surface area contributed by atoms with Gasteiger partial charge < -0.3 is 14.8 Å². The van der Waals surface area contributed by atoms with Gasteiger partial charge in [-0.2, -0.15) is 0 Å². The lowest BCUT2D eigenvalue weighted by molar-refractivity contribution is 0.0239. The molecule has 1 aliphatic rings. The van der Waals surface area contributed by atoms with Crippen molar-refractivity contribution >= 4 is 5.78 Å². The van der Waals surface area contributed by atoms with E-state index < -0.39 is 0 Å². The summed E-state index contributed by atoms with van der Waals surface area (Å²) in [6, 6.07) is 3.83. The Hall–Kier alpha value is -1.39. The van der Waals surface area contributed by atoms with Crippen LogP contribution in [0.25, 0.3) is 0 Å². The van der Waals surface area contributed by atoms with Crippen LogP contribution in [0.15, 0.2) is 12.1 Å². The lowest BCUT2D eigenvalue weighted by Gasteiger charge is -2.23. The molecule has 0 saturated carbocycles. The van der Waals surface area contributed by atoms with Crippen molar-refractivity contribution in [1.82, 2.24) is 5.32 Å². The summed E-state index contributed by atoms with van der Waals surface area (Å²) in [5.41, 5.74) is 2.88. The number of aryl methyl sites for hydroxylation is 2. The minimum atomic E-state index is -0.0347. The molecule has 1 saturated heterocycles. The Morgan fingerprint density at radius 3 is 2.79 bits per heavy atom. The molecule has 1 heterocycles. The van der Waals surface area contributed by atoms with E-state index in [4.69, 9.17) is 9.47 Å². The summed E-state index contributed by atoms with van der Waals surface area (Å²) >= 11 is 0. The van der Waals surface area contributed by atoms with Crippen LogP contribution in [-0.2, 0) is 4.74 Å². The molecule has 0 spiro atoms. The van der Waals surface area contributed by atoms with Crippen LogP contribution in [0.5, 0.6) is 5.75 Å². The molecule has 1 fully saturated rings. The van der Waals surface area contributed by atoms with E-state index in [1.807, 2.05) is 26.0 Å². The highest BCUT2D eigenvalue weighted by Crippen LogP contribution is 2.25. The first-order valence-electron chi connectivity index (χ1n) is 6.62. The third-order valence-electron chi connectivity index (χ3n) is 3.53. The summed E-state index contributed by atoms with van der Waals surface area (Å²) in [4.78, 5) is 12.4. The number of methoxy groups -OCH3 is 1. The molecule has 0 aliphatic carbocycles. The van der Waals surface area contributed by atoms with Crippen LogP contribution in [0.2, 0.25) is 0 Å². The molecule has 2 rings (SSSR count). The van der Waals surface area contributed by atoms with Crippen molar-refractivity contribution in [2.45, 2.75) is 26.4 Å². The Morgan fingerprint density at radius 1 is 1.42 bits per heavy atom. The van der Waals surface area contributed by atoms with Gasteiger partial charge >= 0.3 is 0 Å². The summed E-state index contributed by atoms with van der Waals surface area (Å²) in [7, 11) is 1.60. The standard InChI is InChI=1S/C15H21NO3/c1-10-6-13(15(18-3)7-11(10)2)14(17)8-12-9-16-4-5-19-12/h6-7,12,16H,4-5,8-9H2,1-3H3. The van der Waals surface area contributed by atoms with Crippen molar-refractivity contribution < 1.29 is 14.3 Å². The smallest absolute Gasteiger partial charge is 0.169 e. The van der Waals surface area contributed by atoms with Crippen molar-refractivity contribution in [2.24, 2.45) is 0 Å². The topological polar surface area (TPSA) is 47.6 Å². The van der Waals surface area contributed by atoms with Crippen LogP contribution in [-0.4, -0.2) is 38.7 Å². The number of carbonyl (C=O) groups is 1. The maximum absolute atomic E-state index is 12.4. The van der Waals surface area contributed by atoms with Crippen molar-refractivity contribution in [1.29, 1.82) is 0 Å². The number of carbonyl (C=O) groups excluding carboxylic acids is 1. The van der Waals surface area contributed by atoms with Gasteiger partial charge in [-0.1, -0.05) is 0 Å². The summed E-state index contributed by atoms with van der Waals surface area (Å²) < 4.78 is 10.9. The lowest BCUT2D eigenvalue weighted by Crippen LogP contribution is -2.39. The average molecular weight is 263 g/mol. The summed E-state index contributed by atoms with van der Waals surface area (Å²) in [5, 5.41) is 3.23. The van der Waals surface area contributed by atoms with Crippen LogP contribution in [0.3, 0.4) is 0 Å². The van der Waals surface area contributed by atoms with Crippen LogP contribution in [0.4, 0.5) is 0 Å². The lowest BCUT2D eigenvalue weighted by atomic mass is 9.99. The Balaban J connectivity index is 2.15. The molecule has 0 radical (unpaired) electrons. The number of ether oxygens (including phenoxy) is 2. The molecular weight excluding hydrogens is 242 g/mol. The van der Waals surface area contributed by atoms with Gasteiger partial charge in [0.2, 0.25) is 0 Å². The number of hydrogen-bond acceptors (Lipinski definition) is 4. The molecule has 1 N–H and O–H groups in total. The quantitative estimate of drug-likeness (QED) is 0.843. The van der Waals surface area contributed by atoms with Gasteiger partial charge in [0.25, 0.3) is 0 Å².